The van der Waals surface area contributed by atoms with Crippen molar-refractivity contribution < 1.29 is 17.6 Å². The van der Waals surface area contributed by atoms with Crippen LogP contribution in [0.4, 0.5) is 17.6 Å². The number of halogens is 5. The minimum Gasteiger partial charge on any atom is -0.313 e. The maximum Gasteiger partial charge on any atom is 0.419 e. The van der Waals surface area contributed by atoms with E-state index >= 15 is 0 Å². The molecule has 0 saturated heterocycles. The van der Waals surface area contributed by atoms with Crippen LogP contribution in [0.3, 0.4) is 0 Å². The predicted octanol–water partition coefficient (Wildman–Crippen LogP) is 3.60. The molecule has 0 spiro atoms. The van der Waals surface area contributed by atoms with Gasteiger partial charge in [0.1, 0.15) is 11.5 Å². The zero-order valence-corrected chi connectivity index (χ0v) is 15.1. The first kappa shape index (κ1) is 19.3. The lowest BCUT2D eigenvalue weighted by Crippen LogP contribution is -2.23. The Morgan fingerprint density at radius 3 is 2.55 bits per heavy atom. The number of hydrogen-bond acceptors (Lipinski definition) is 4. The van der Waals surface area contributed by atoms with Crippen molar-refractivity contribution >= 4 is 11.6 Å². The Labute approximate surface area is 164 Å². The summed E-state index contributed by atoms with van der Waals surface area (Å²) in [6.45, 7) is 0. The Balaban J connectivity index is 1.68. The summed E-state index contributed by atoms with van der Waals surface area (Å²) in [7, 11) is 0. The van der Waals surface area contributed by atoms with E-state index in [2.05, 4.69) is 20.2 Å². The van der Waals surface area contributed by atoms with Crippen LogP contribution < -0.4 is 11.2 Å². The number of nitrogens with zero attached hydrogens (tertiary/aromatic N) is 2. The highest BCUT2D eigenvalue weighted by molar-refractivity contribution is 6.30. The number of aromatic nitrogens is 4. The molecule has 2 heterocycles. The van der Waals surface area contributed by atoms with Crippen LogP contribution in [0.15, 0.2) is 40.1 Å². The van der Waals surface area contributed by atoms with Gasteiger partial charge in [-0.15, -0.1) is 10.2 Å². The third-order valence-electron chi connectivity index (χ3n) is 4.79. The molecule has 0 radical (unpaired) electrons. The summed E-state index contributed by atoms with van der Waals surface area (Å²) in [5.41, 5.74) is -1.61. The van der Waals surface area contributed by atoms with Gasteiger partial charge in [0.05, 0.1) is 11.1 Å². The molecule has 1 aliphatic carbocycles. The highest BCUT2D eigenvalue weighted by Gasteiger charge is 2.43. The third-order valence-corrected chi connectivity index (χ3v) is 5.08. The number of alkyl halides is 3. The summed E-state index contributed by atoms with van der Waals surface area (Å²) < 4.78 is 52.4. The normalized spacial score (nSPS) is 18.7. The van der Waals surface area contributed by atoms with Crippen molar-refractivity contribution in [1.82, 2.24) is 20.2 Å². The summed E-state index contributed by atoms with van der Waals surface area (Å²) in [6, 6.07) is 4.42. The van der Waals surface area contributed by atoms with E-state index < -0.39 is 28.8 Å². The van der Waals surface area contributed by atoms with Crippen LogP contribution in [0.25, 0.3) is 11.3 Å². The molecule has 0 aliphatic heterocycles. The molecule has 2 atom stereocenters. The number of hydrogen-bond donors (Lipinski definition) is 2. The Bertz CT molecular complexity index is 1220. The first-order valence-electron chi connectivity index (χ1n) is 8.37. The van der Waals surface area contributed by atoms with E-state index in [1.54, 1.807) is 0 Å². The molecule has 0 amide bonds. The third kappa shape index (κ3) is 3.67. The maximum atomic E-state index is 13.5. The highest BCUT2D eigenvalue weighted by Crippen LogP contribution is 2.56. The SMILES string of the molecule is O=c1[nH]cc(-c2cc(C3CC3c3ccc(F)c(C(F)(F)F)c3)c(Cl)nn2)c(=O)[nH]1. The van der Waals surface area contributed by atoms with Gasteiger partial charge in [0.2, 0.25) is 0 Å². The number of benzene rings is 1. The minimum atomic E-state index is -4.79. The van der Waals surface area contributed by atoms with Gasteiger partial charge in [0.25, 0.3) is 5.56 Å². The fourth-order valence-electron chi connectivity index (χ4n) is 3.28. The molecule has 4 rings (SSSR count). The average Bonchev–Trinajstić information content (AvgIpc) is 3.42. The lowest BCUT2D eigenvalue weighted by Gasteiger charge is -2.10. The molecule has 1 fully saturated rings. The van der Waals surface area contributed by atoms with Crippen molar-refractivity contribution in [2.45, 2.75) is 24.4 Å². The summed E-state index contributed by atoms with van der Waals surface area (Å²) in [6.07, 6.45) is -3.13. The van der Waals surface area contributed by atoms with Crippen molar-refractivity contribution in [3.8, 4) is 11.3 Å². The van der Waals surface area contributed by atoms with Crippen molar-refractivity contribution in [1.29, 1.82) is 0 Å². The first-order chi connectivity index (χ1) is 13.6. The van der Waals surface area contributed by atoms with Crippen molar-refractivity contribution in [3.63, 3.8) is 0 Å². The quantitative estimate of drug-likeness (QED) is 0.626. The van der Waals surface area contributed by atoms with Gasteiger partial charge >= 0.3 is 11.9 Å². The van der Waals surface area contributed by atoms with E-state index in [9.17, 15) is 27.2 Å². The number of H-pyrrole nitrogens is 2. The van der Waals surface area contributed by atoms with Crippen LogP contribution >= 0.6 is 11.6 Å². The lowest BCUT2D eigenvalue weighted by atomic mass is 10.0. The largest absolute Gasteiger partial charge is 0.419 e. The second-order valence-corrected chi connectivity index (χ2v) is 7.01. The molecule has 1 aliphatic rings. The molecule has 2 unspecified atom stereocenters. The molecule has 2 aromatic heterocycles. The molecular weight excluding hydrogens is 416 g/mol. The zero-order valence-electron chi connectivity index (χ0n) is 14.3. The number of aromatic amines is 2. The first-order valence-corrected chi connectivity index (χ1v) is 8.75. The van der Waals surface area contributed by atoms with Crippen molar-refractivity contribution in [2.75, 3.05) is 0 Å². The Morgan fingerprint density at radius 1 is 1.10 bits per heavy atom. The van der Waals surface area contributed by atoms with Gasteiger partial charge in [0, 0.05) is 6.20 Å². The van der Waals surface area contributed by atoms with Crippen LogP contribution in [0.5, 0.6) is 0 Å². The van der Waals surface area contributed by atoms with Gasteiger partial charge < -0.3 is 4.98 Å². The van der Waals surface area contributed by atoms with Crippen LogP contribution in [-0.4, -0.2) is 20.2 Å². The van der Waals surface area contributed by atoms with E-state index in [-0.39, 0.29) is 28.2 Å². The standard InChI is InChI=1S/C18H11ClF4N4O2/c19-15-10(5-14(26-27-15)11-6-24-17(29)25-16(11)28)9-4-8(9)7-1-2-13(20)12(3-7)18(21,22)23/h1-3,5-6,8-9H,4H2,(H2,24,25,28,29). The Kier molecular flexibility index (Phi) is 4.53. The molecular formula is C18H11ClF4N4O2. The average molecular weight is 427 g/mol. The van der Waals surface area contributed by atoms with Crippen molar-refractivity contribution in [2.24, 2.45) is 0 Å². The summed E-state index contributed by atoms with van der Waals surface area (Å²) >= 11 is 6.11. The van der Waals surface area contributed by atoms with Crippen LogP contribution in [0, 0.1) is 5.82 Å². The molecule has 6 nitrogen and oxygen atoms in total. The molecule has 2 N–H and O–H groups in total. The van der Waals surface area contributed by atoms with Gasteiger partial charge in [0.15, 0.2) is 5.15 Å². The van der Waals surface area contributed by atoms with Crippen LogP contribution in [0.1, 0.15) is 34.9 Å². The Hall–Kier alpha value is -3.01. The lowest BCUT2D eigenvalue weighted by molar-refractivity contribution is -0.140. The molecule has 11 heteroatoms. The molecule has 1 aromatic carbocycles. The Morgan fingerprint density at radius 2 is 1.86 bits per heavy atom. The van der Waals surface area contributed by atoms with Crippen molar-refractivity contribution in [3.05, 3.63) is 79.0 Å². The van der Waals surface area contributed by atoms with E-state index in [4.69, 9.17) is 11.6 Å². The second kappa shape index (κ2) is 6.80. The van der Waals surface area contributed by atoms with E-state index in [1.165, 1.54) is 18.3 Å². The van der Waals surface area contributed by atoms with Gasteiger partial charge in [-0.2, -0.15) is 13.2 Å². The smallest absolute Gasteiger partial charge is 0.313 e. The molecule has 3 aromatic rings. The summed E-state index contributed by atoms with van der Waals surface area (Å²) in [5, 5.41) is 7.71. The van der Waals surface area contributed by atoms with Crippen LogP contribution in [0.2, 0.25) is 5.15 Å². The second-order valence-electron chi connectivity index (χ2n) is 6.65. The van der Waals surface area contributed by atoms with Gasteiger partial charge in [-0.3, -0.25) is 9.78 Å². The fraction of sp³-hybridized carbons (Fsp3) is 0.222. The number of rotatable bonds is 3. The van der Waals surface area contributed by atoms with Gasteiger partial charge in [-0.05, 0) is 47.6 Å². The monoisotopic (exact) mass is 426 g/mol. The molecule has 29 heavy (non-hydrogen) atoms. The highest BCUT2D eigenvalue weighted by atomic mass is 35.5. The summed E-state index contributed by atoms with van der Waals surface area (Å²) in [5.74, 6) is -1.90. The fourth-order valence-corrected chi connectivity index (χ4v) is 3.51. The van der Waals surface area contributed by atoms with Gasteiger partial charge in [-0.1, -0.05) is 17.7 Å². The van der Waals surface area contributed by atoms with E-state index in [1.807, 2.05) is 0 Å². The number of nitrogens with one attached hydrogen (secondary N) is 2. The van der Waals surface area contributed by atoms with Crippen LogP contribution in [-0.2, 0) is 6.18 Å². The predicted molar refractivity (Wildman–Crippen MR) is 95.2 cm³/mol. The van der Waals surface area contributed by atoms with Gasteiger partial charge in [-0.25, -0.2) is 9.18 Å². The topological polar surface area (TPSA) is 91.5 Å². The maximum absolute atomic E-state index is 13.5. The zero-order chi connectivity index (χ0) is 20.9. The molecule has 1 saturated carbocycles. The van der Waals surface area contributed by atoms with E-state index in [0.29, 0.717) is 17.5 Å². The minimum absolute atomic E-state index is 0.0558. The molecule has 0 bridgehead atoms. The summed E-state index contributed by atoms with van der Waals surface area (Å²) in [4.78, 5) is 27.5. The van der Waals surface area contributed by atoms with E-state index in [0.717, 1.165) is 12.1 Å². The molecule has 150 valence electrons.